The van der Waals surface area contributed by atoms with E-state index in [1.807, 2.05) is 0 Å². The monoisotopic (exact) mass is 286 g/mol. The van der Waals surface area contributed by atoms with E-state index in [2.05, 4.69) is 39.3 Å². The minimum Gasteiger partial charge on any atom is -0.403 e. The van der Waals surface area contributed by atoms with E-state index in [0.29, 0.717) is 0 Å². The molecule has 1 aliphatic heterocycles. The summed E-state index contributed by atoms with van der Waals surface area (Å²) in [6, 6.07) is 0. The lowest BCUT2D eigenvalue weighted by Crippen LogP contribution is -2.80. The average Bonchev–Trinajstić information content (AvgIpc) is 1.99. The largest absolute Gasteiger partial charge is 0.403 e. The lowest BCUT2D eigenvalue weighted by atomic mass is 10.8. The number of halogens is 2. The molecule has 0 aliphatic carbocycles. The highest BCUT2D eigenvalue weighted by molar-refractivity contribution is 7.68. The highest BCUT2D eigenvalue weighted by atomic mass is 35.5. The Labute approximate surface area is 99.9 Å². The van der Waals surface area contributed by atoms with Gasteiger partial charge in [-0.25, -0.2) is 0 Å². The summed E-state index contributed by atoms with van der Waals surface area (Å²) in [5, 5.41) is 0.0753. The molecule has 2 unspecified atom stereocenters. The van der Waals surface area contributed by atoms with Gasteiger partial charge < -0.3 is 4.43 Å². The van der Waals surface area contributed by atoms with E-state index in [1.165, 1.54) is 0 Å². The van der Waals surface area contributed by atoms with Crippen LogP contribution in [0.25, 0.3) is 0 Å². The van der Waals surface area contributed by atoms with Crippen molar-refractivity contribution < 1.29 is 4.43 Å². The summed E-state index contributed by atoms with van der Waals surface area (Å²) in [5.41, 5.74) is -0.250. The molecular weight excluding hydrogens is 267 g/mol. The van der Waals surface area contributed by atoms with E-state index < -0.39 is 22.5 Å². The summed E-state index contributed by atoms with van der Waals surface area (Å²) in [4.78, 5) is 0. The van der Waals surface area contributed by atoms with Crippen LogP contribution in [-0.2, 0) is 4.43 Å². The SMILES string of the molecule is C[Si]1(C)OC(Cl)C(Cl)[Si](C)(C)[Si]1(C)C. The smallest absolute Gasteiger partial charge is 0.173 e. The van der Waals surface area contributed by atoms with E-state index in [1.54, 1.807) is 0 Å². The summed E-state index contributed by atoms with van der Waals surface area (Å²) in [6.45, 7) is 14.3. The number of hydrogen-bond donors (Lipinski definition) is 0. The second kappa shape index (κ2) is 3.60. The van der Waals surface area contributed by atoms with Crippen molar-refractivity contribution in [2.75, 3.05) is 0 Å². The quantitative estimate of drug-likeness (QED) is 0.489. The van der Waals surface area contributed by atoms with Crippen LogP contribution in [0.15, 0.2) is 0 Å². The van der Waals surface area contributed by atoms with Crippen LogP contribution in [-0.4, -0.2) is 33.1 Å². The first-order valence-corrected chi connectivity index (χ1v) is 16.9. The molecule has 1 rings (SSSR count). The minimum absolute atomic E-state index is 0.0753. The van der Waals surface area contributed by atoms with Gasteiger partial charge in [0.25, 0.3) is 0 Å². The van der Waals surface area contributed by atoms with Crippen LogP contribution in [0.1, 0.15) is 0 Å². The van der Waals surface area contributed by atoms with Gasteiger partial charge in [0.05, 0.1) is 19.7 Å². The fraction of sp³-hybridized carbons (Fsp3) is 1.00. The first kappa shape index (κ1) is 13.3. The predicted octanol–water partition coefficient (Wildman–Crippen LogP) is 3.51. The molecule has 0 aromatic carbocycles. The third-order valence-corrected chi connectivity index (χ3v) is 47.6. The molecule has 1 fully saturated rings. The van der Waals surface area contributed by atoms with Crippen LogP contribution in [0.5, 0.6) is 0 Å². The predicted molar refractivity (Wildman–Crippen MR) is 72.8 cm³/mol. The molecule has 0 bridgehead atoms. The van der Waals surface area contributed by atoms with E-state index in [0.717, 1.165) is 0 Å². The van der Waals surface area contributed by atoms with E-state index in [4.69, 9.17) is 27.6 Å². The van der Waals surface area contributed by atoms with Gasteiger partial charge >= 0.3 is 0 Å². The van der Waals surface area contributed by atoms with Crippen LogP contribution in [0.3, 0.4) is 0 Å². The van der Waals surface area contributed by atoms with Crippen LogP contribution in [0.4, 0.5) is 0 Å². The highest BCUT2D eigenvalue weighted by Gasteiger charge is 2.62. The summed E-state index contributed by atoms with van der Waals surface area (Å²) >= 11 is 12.6. The van der Waals surface area contributed by atoms with E-state index in [9.17, 15) is 0 Å². The summed E-state index contributed by atoms with van der Waals surface area (Å²) < 4.78 is 6.01. The van der Waals surface area contributed by atoms with E-state index >= 15 is 0 Å². The second-order valence-electron chi connectivity index (χ2n) is 5.73. The molecule has 84 valence electrons. The van der Waals surface area contributed by atoms with Gasteiger partial charge in [-0.3, -0.25) is 0 Å². The van der Waals surface area contributed by atoms with Crippen LogP contribution in [0.2, 0.25) is 39.3 Å². The van der Waals surface area contributed by atoms with Gasteiger partial charge in [-0.05, 0) is 13.1 Å². The Kier molecular flexibility index (Phi) is 3.41. The molecule has 1 aliphatic rings. The van der Waals surface area contributed by atoms with Crippen molar-refractivity contribution in [1.82, 2.24) is 0 Å². The topological polar surface area (TPSA) is 9.23 Å². The first-order chi connectivity index (χ1) is 6.04. The van der Waals surface area contributed by atoms with Gasteiger partial charge in [-0.2, -0.15) is 0 Å². The highest BCUT2D eigenvalue weighted by Crippen LogP contribution is 2.42. The zero-order valence-electron chi connectivity index (χ0n) is 9.82. The third kappa shape index (κ3) is 1.68. The molecule has 0 saturated carbocycles. The molecule has 0 amide bonds. The van der Waals surface area contributed by atoms with Gasteiger partial charge in [0, 0.05) is 0 Å². The van der Waals surface area contributed by atoms with Crippen molar-refractivity contribution in [3.05, 3.63) is 0 Å². The Morgan fingerprint density at radius 1 is 0.929 bits per heavy atom. The zero-order valence-corrected chi connectivity index (χ0v) is 14.3. The second-order valence-corrected chi connectivity index (χ2v) is 34.0. The molecular formula is C8H20Cl2OSi3. The van der Waals surface area contributed by atoms with Gasteiger partial charge in [-0.1, -0.05) is 37.8 Å². The zero-order chi connectivity index (χ0) is 11.4. The van der Waals surface area contributed by atoms with Gasteiger partial charge in [0.1, 0.15) is 5.56 Å². The molecule has 1 nitrogen and oxygen atoms in total. The average molecular weight is 287 g/mol. The third-order valence-electron chi connectivity index (χ3n) is 4.44. The molecule has 1 heterocycles. The summed E-state index contributed by atoms with van der Waals surface area (Å²) in [6.07, 6.45) is 0. The molecule has 0 aromatic rings. The van der Waals surface area contributed by atoms with Crippen molar-refractivity contribution >= 4 is 45.7 Å². The molecule has 14 heavy (non-hydrogen) atoms. The summed E-state index contributed by atoms with van der Waals surface area (Å²) in [5.74, 6) is 0. The summed E-state index contributed by atoms with van der Waals surface area (Å²) in [7, 11) is -4.30. The lowest BCUT2D eigenvalue weighted by molar-refractivity contribution is 0.289. The van der Waals surface area contributed by atoms with Crippen LogP contribution in [0, 0.1) is 0 Å². The van der Waals surface area contributed by atoms with Gasteiger partial charge in [-0.15, -0.1) is 11.6 Å². The van der Waals surface area contributed by atoms with Crippen molar-refractivity contribution in [2.24, 2.45) is 0 Å². The Balaban J connectivity index is 3.15. The molecule has 0 aromatic heterocycles. The first-order valence-electron chi connectivity index (χ1n) is 5.00. The van der Waals surface area contributed by atoms with Crippen molar-refractivity contribution in [1.29, 1.82) is 0 Å². The Hall–Kier alpha value is 1.19. The Morgan fingerprint density at radius 3 is 1.79 bits per heavy atom. The fourth-order valence-corrected chi connectivity index (χ4v) is 35.9. The number of rotatable bonds is 0. The molecule has 0 radical (unpaired) electrons. The molecule has 1 saturated heterocycles. The maximum absolute atomic E-state index is 6.43. The normalized spacial score (nSPS) is 39.4. The van der Waals surface area contributed by atoms with E-state index in [-0.39, 0.29) is 10.6 Å². The maximum atomic E-state index is 6.43. The molecule has 0 spiro atoms. The Bertz CT molecular complexity index is 243. The Morgan fingerprint density at radius 2 is 1.36 bits per heavy atom. The van der Waals surface area contributed by atoms with Crippen molar-refractivity contribution in [3.8, 4) is 0 Å². The maximum Gasteiger partial charge on any atom is 0.173 e. The number of alkyl halides is 2. The molecule has 2 atom stereocenters. The van der Waals surface area contributed by atoms with Crippen molar-refractivity contribution in [2.45, 2.75) is 49.8 Å². The lowest BCUT2D eigenvalue weighted by Gasteiger charge is -2.55. The molecule has 6 heteroatoms. The van der Waals surface area contributed by atoms with Gasteiger partial charge in [0.2, 0.25) is 0 Å². The van der Waals surface area contributed by atoms with Crippen molar-refractivity contribution in [3.63, 3.8) is 0 Å². The fourth-order valence-electron chi connectivity index (χ4n) is 1.94. The minimum atomic E-state index is -1.57. The standard InChI is InChI=1S/C8H20Cl2OSi3/c1-12(2)8(10)7(9)11-13(3,4)14(12,5)6/h7-8H,1-6H3. The number of hydrogen-bond acceptors (Lipinski definition) is 1. The van der Waals surface area contributed by atoms with Gasteiger partial charge in [0.15, 0.2) is 7.83 Å². The van der Waals surface area contributed by atoms with Crippen LogP contribution < -0.4 is 0 Å². The molecule has 0 N–H and O–H groups in total. The van der Waals surface area contributed by atoms with Crippen LogP contribution >= 0.6 is 23.2 Å².